The van der Waals surface area contributed by atoms with E-state index < -0.39 is 6.10 Å². The maximum absolute atomic E-state index is 12.0. The number of aliphatic hydroxyl groups excluding tert-OH is 1. The zero-order valence-electron chi connectivity index (χ0n) is 15.1. The van der Waals surface area contributed by atoms with Crippen molar-refractivity contribution in [2.75, 3.05) is 11.9 Å². The van der Waals surface area contributed by atoms with Gasteiger partial charge in [0.2, 0.25) is 0 Å². The first-order valence-corrected chi connectivity index (χ1v) is 8.70. The number of amides is 2. The second-order valence-electron chi connectivity index (χ2n) is 6.41. The van der Waals surface area contributed by atoms with Crippen molar-refractivity contribution in [1.82, 2.24) is 15.1 Å². The molecular weight excluding hydrogens is 292 g/mol. The second-order valence-corrected chi connectivity index (χ2v) is 6.41. The van der Waals surface area contributed by atoms with Gasteiger partial charge in [0.25, 0.3) is 0 Å². The van der Waals surface area contributed by atoms with Gasteiger partial charge in [-0.1, -0.05) is 47.5 Å². The topological polar surface area (TPSA) is 79.2 Å². The third-order valence-corrected chi connectivity index (χ3v) is 4.13. The molecule has 23 heavy (non-hydrogen) atoms. The van der Waals surface area contributed by atoms with Crippen LogP contribution in [0.1, 0.15) is 53.2 Å². The normalized spacial score (nSPS) is 12.7. The van der Waals surface area contributed by atoms with Crippen molar-refractivity contribution in [3.8, 4) is 0 Å². The summed E-state index contributed by atoms with van der Waals surface area (Å²) in [5, 5.41) is 20.0. The fraction of sp³-hybridized carbons (Fsp3) is 0.765. The largest absolute Gasteiger partial charge is 0.391 e. The Morgan fingerprint density at radius 2 is 1.96 bits per heavy atom. The van der Waals surface area contributed by atoms with Gasteiger partial charge in [-0.15, -0.1) is 0 Å². The number of carbonyl (C=O) groups excluding carboxylic acids is 1. The van der Waals surface area contributed by atoms with Crippen LogP contribution in [0.4, 0.5) is 10.5 Å². The summed E-state index contributed by atoms with van der Waals surface area (Å²) in [6, 6.07) is -0.297. The van der Waals surface area contributed by atoms with Crippen molar-refractivity contribution >= 4 is 11.7 Å². The predicted octanol–water partition coefficient (Wildman–Crippen LogP) is 3.02. The van der Waals surface area contributed by atoms with Crippen molar-refractivity contribution in [1.29, 1.82) is 0 Å². The lowest BCUT2D eigenvalue weighted by Crippen LogP contribution is -2.38. The van der Waals surface area contributed by atoms with Crippen molar-refractivity contribution in [2.45, 2.75) is 66.5 Å². The van der Waals surface area contributed by atoms with Gasteiger partial charge in [-0.25, -0.2) is 4.79 Å². The molecule has 1 atom stereocenters. The van der Waals surface area contributed by atoms with Crippen LogP contribution < -0.4 is 10.6 Å². The number of anilines is 1. The lowest BCUT2D eigenvalue weighted by Gasteiger charge is -2.20. The Kier molecular flexibility index (Phi) is 8.09. The quantitative estimate of drug-likeness (QED) is 0.653. The number of nitrogens with one attached hydrogen (secondary N) is 2. The highest BCUT2D eigenvalue weighted by Gasteiger charge is 2.17. The fourth-order valence-electron chi connectivity index (χ4n) is 2.75. The summed E-state index contributed by atoms with van der Waals surface area (Å²) >= 11 is 0. The highest BCUT2D eigenvalue weighted by molar-refractivity contribution is 5.89. The van der Waals surface area contributed by atoms with Crippen molar-refractivity contribution in [3.63, 3.8) is 0 Å². The molecule has 0 aliphatic heterocycles. The number of aliphatic hydroxyl groups is 1. The minimum atomic E-state index is -0.509. The first-order chi connectivity index (χ1) is 10.9. The van der Waals surface area contributed by atoms with Crippen LogP contribution in [0.2, 0.25) is 0 Å². The summed E-state index contributed by atoms with van der Waals surface area (Å²) in [5.41, 5.74) is 1.76. The molecule has 0 aliphatic rings. The molecule has 0 radical (unpaired) electrons. The molecule has 3 N–H and O–H groups in total. The van der Waals surface area contributed by atoms with Crippen LogP contribution in [-0.4, -0.2) is 33.6 Å². The SMILES string of the molecule is CCc1c(NC(=O)NCC(O)C(CC)CC)cnn1CC(C)C. The van der Waals surface area contributed by atoms with Gasteiger partial charge >= 0.3 is 6.03 Å². The van der Waals surface area contributed by atoms with Crippen LogP contribution in [0.15, 0.2) is 6.20 Å². The summed E-state index contributed by atoms with van der Waals surface area (Å²) in [5.74, 6) is 0.715. The third-order valence-electron chi connectivity index (χ3n) is 4.13. The maximum Gasteiger partial charge on any atom is 0.319 e. The molecule has 0 saturated carbocycles. The first-order valence-electron chi connectivity index (χ1n) is 8.70. The fourth-order valence-corrected chi connectivity index (χ4v) is 2.75. The van der Waals surface area contributed by atoms with Gasteiger partial charge in [0, 0.05) is 13.1 Å². The Labute approximate surface area is 139 Å². The van der Waals surface area contributed by atoms with Crippen LogP contribution >= 0.6 is 0 Å². The van der Waals surface area contributed by atoms with Gasteiger partial charge in [0.15, 0.2) is 0 Å². The molecule has 0 saturated heterocycles. The maximum atomic E-state index is 12.0. The lowest BCUT2D eigenvalue weighted by molar-refractivity contribution is 0.104. The summed E-state index contributed by atoms with van der Waals surface area (Å²) in [6.07, 6.45) is 3.80. The summed E-state index contributed by atoms with van der Waals surface area (Å²) in [6.45, 7) is 11.5. The van der Waals surface area contributed by atoms with Crippen molar-refractivity contribution in [3.05, 3.63) is 11.9 Å². The van der Waals surface area contributed by atoms with Gasteiger partial charge < -0.3 is 15.7 Å². The Bertz CT molecular complexity index is 481. The van der Waals surface area contributed by atoms with E-state index >= 15 is 0 Å². The summed E-state index contributed by atoms with van der Waals surface area (Å²) < 4.78 is 1.94. The Morgan fingerprint density at radius 3 is 2.48 bits per heavy atom. The highest BCUT2D eigenvalue weighted by atomic mass is 16.3. The first kappa shape index (κ1) is 19.5. The Balaban J connectivity index is 2.59. The third kappa shape index (κ3) is 5.86. The summed E-state index contributed by atoms with van der Waals surface area (Å²) in [7, 11) is 0. The smallest absolute Gasteiger partial charge is 0.319 e. The minimum Gasteiger partial charge on any atom is -0.391 e. The molecule has 6 nitrogen and oxygen atoms in total. The molecule has 1 unspecified atom stereocenters. The average molecular weight is 324 g/mol. The monoisotopic (exact) mass is 324 g/mol. The second kappa shape index (κ2) is 9.55. The molecular formula is C17H32N4O2. The van der Waals surface area contributed by atoms with Crippen LogP contribution in [0.5, 0.6) is 0 Å². The van der Waals surface area contributed by atoms with Gasteiger partial charge in [-0.2, -0.15) is 5.10 Å². The number of hydrogen-bond acceptors (Lipinski definition) is 3. The van der Waals surface area contributed by atoms with E-state index in [1.54, 1.807) is 6.20 Å². The van der Waals surface area contributed by atoms with Gasteiger partial charge in [-0.3, -0.25) is 4.68 Å². The van der Waals surface area contributed by atoms with Gasteiger partial charge in [0.05, 0.1) is 23.7 Å². The molecule has 2 amide bonds. The van der Waals surface area contributed by atoms with E-state index in [9.17, 15) is 9.90 Å². The zero-order valence-corrected chi connectivity index (χ0v) is 15.1. The number of rotatable bonds is 9. The predicted molar refractivity (Wildman–Crippen MR) is 93.5 cm³/mol. The van der Waals surface area contributed by atoms with E-state index in [0.717, 1.165) is 37.2 Å². The number of carbonyl (C=O) groups is 1. The van der Waals surface area contributed by atoms with Gasteiger partial charge in [0.1, 0.15) is 0 Å². The molecule has 0 bridgehead atoms. The van der Waals surface area contributed by atoms with Crippen molar-refractivity contribution < 1.29 is 9.90 Å². The van der Waals surface area contributed by atoms with E-state index in [0.29, 0.717) is 5.92 Å². The molecule has 0 fully saturated rings. The van der Waals surface area contributed by atoms with Gasteiger partial charge in [-0.05, 0) is 18.3 Å². The van der Waals surface area contributed by atoms with Crippen LogP contribution in [-0.2, 0) is 13.0 Å². The zero-order chi connectivity index (χ0) is 17.4. The van der Waals surface area contributed by atoms with Crippen molar-refractivity contribution in [2.24, 2.45) is 11.8 Å². The van der Waals surface area contributed by atoms with Crippen LogP contribution in [0.3, 0.4) is 0 Å². The molecule has 6 heteroatoms. The number of nitrogens with zero attached hydrogens (tertiary/aromatic N) is 2. The molecule has 0 spiro atoms. The van der Waals surface area contributed by atoms with E-state index in [4.69, 9.17) is 0 Å². The highest BCUT2D eigenvalue weighted by Crippen LogP contribution is 2.17. The lowest BCUT2D eigenvalue weighted by atomic mass is 9.97. The molecule has 1 heterocycles. The summed E-state index contributed by atoms with van der Waals surface area (Å²) in [4.78, 5) is 12.0. The average Bonchev–Trinajstić information content (AvgIpc) is 2.87. The minimum absolute atomic E-state index is 0.218. The molecule has 0 aromatic carbocycles. The van der Waals surface area contributed by atoms with E-state index in [1.165, 1.54) is 0 Å². The Morgan fingerprint density at radius 1 is 1.30 bits per heavy atom. The number of aromatic nitrogens is 2. The molecule has 1 rings (SSSR count). The van der Waals surface area contributed by atoms with Crippen LogP contribution in [0.25, 0.3) is 0 Å². The van der Waals surface area contributed by atoms with E-state index in [-0.39, 0.29) is 18.5 Å². The number of urea groups is 1. The molecule has 132 valence electrons. The number of hydrogen-bond donors (Lipinski definition) is 3. The molecule has 0 aliphatic carbocycles. The van der Waals surface area contributed by atoms with Crippen LogP contribution in [0, 0.1) is 11.8 Å². The van der Waals surface area contributed by atoms with E-state index in [2.05, 4.69) is 29.6 Å². The Hall–Kier alpha value is -1.56. The van der Waals surface area contributed by atoms with E-state index in [1.807, 2.05) is 25.5 Å². The molecule has 1 aromatic rings. The standard InChI is InChI=1S/C17H32N4O2/c1-6-13(7-2)16(22)10-18-17(23)20-14-9-19-21(11-12(4)5)15(14)8-3/h9,12-13,16,22H,6-8,10-11H2,1-5H3,(H2,18,20,23). The molecule has 1 aromatic heterocycles.